The van der Waals surface area contributed by atoms with Gasteiger partial charge in [-0.25, -0.2) is 9.59 Å². The van der Waals surface area contributed by atoms with E-state index < -0.39 is 41.4 Å². The molecule has 9 nitrogen and oxygen atoms in total. The molecule has 1 fully saturated rings. The number of fused-ring (bicyclic) bond motifs is 3. The van der Waals surface area contributed by atoms with Crippen LogP contribution in [-0.2, 0) is 19.9 Å². The lowest BCUT2D eigenvalue weighted by molar-refractivity contribution is -0.142. The minimum Gasteiger partial charge on any atom is -0.480 e. The number of benzene rings is 1. The first-order valence-corrected chi connectivity index (χ1v) is 8.48. The summed E-state index contributed by atoms with van der Waals surface area (Å²) < 4.78 is 10.4. The summed E-state index contributed by atoms with van der Waals surface area (Å²) in [7, 11) is 0. The van der Waals surface area contributed by atoms with Crippen molar-refractivity contribution in [3.05, 3.63) is 23.8 Å². The normalized spacial score (nSPS) is 26.0. The first-order chi connectivity index (χ1) is 12.4. The van der Waals surface area contributed by atoms with Crippen molar-refractivity contribution < 1.29 is 34.1 Å². The number of anilines is 1. The van der Waals surface area contributed by atoms with E-state index in [4.69, 9.17) is 9.47 Å². The van der Waals surface area contributed by atoms with Crippen LogP contribution < -0.4 is 10.1 Å². The van der Waals surface area contributed by atoms with Gasteiger partial charge in [-0.3, -0.25) is 9.69 Å². The van der Waals surface area contributed by atoms with Crippen molar-refractivity contribution >= 4 is 23.7 Å². The molecule has 2 heterocycles. The lowest BCUT2D eigenvalue weighted by Crippen LogP contribution is -2.51. The number of rotatable bonds is 2. The van der Waals surface area contributed by atoms with Crippen LogP contribution in [0.15, 0.2) is 18.2 Å². The third kappa shape index (κ3) is 3.30. The van der Waals surface area contributed by atoms with Crippen molar-refractivity contribution in [1.82, 2.24) is 4.90 Å². The highest BCUT2D eigenvalue weighted by Gasteiger charge is 2.61. The first-order valence-electron chi connectivity index (χ1n) is 8.48. The Morgan fingerprint density at radius 3 is 2.52 bits per heavy atom. The van der Waals surface area contributed by atoms with Crippen molar-refractivity contribution in [1.29, 1.82) is 0 Å². The summed E-state index contributed by atoms with van der Waals surface area (Å²) in [5.41, 5.74) is -1.54. The number of amides is 1. The molecular formula is C18H22N2O7. The lowest BCUT2D eigenvalue weighted by Gasteiger charge is -2.31. The van der Waals surface area contributed by atoms with Gasteiger partial charge in [0, 0.05) is 30.7 Å². The topological polar surface area (TPSA) is 125 Å². The van der Waals surface area contributed by atoms with Crippen molar-refractivity contribution in [3.63, 3.8) is 0 Å². The summed E-state index contributed by atoms with van der Waals surface area (Å²) in [6, 6.07) is 3.34. The van der Waals surface area contributed by atoms with E-state index in [-0.39, 0.29) is 12.2 Å². The van der Waals surface area contributed by atoms with Gasteiger partial charge in [0.05, 0.1) is 0 Å². The average molecular weight is 378 g/mol. The minimum atomic E-state index is -1.61. The van der Waals surface area contributed by atoms with Crippen molar-refractivity contribution in [2.45, 2.75) is 57.5 Å². The maximum absolute atomic E-state index is 12.6. The molecule has 0 unspecified atom stereocenters. The predicted octanol–water partition coefficient (Wildman–Crippen LogP) is 1.65. The predicted molar refractivity (Wildman–Crippen MR) is 93.2 cm³/mol. The standard InChI is InChI=1S/C18H22N2O7/c1-9(21)26-10-5-6-11-12(7-10)19-15-18(11,25)8-13(14(22)23)20(15)16(24)27-17(2,3)4/h5-7,13,15,19,25H,8H2,1-4H3,(H,22,23)/t13-,15+,18-/m0/s1. The number of hydrogen-bond acceptors (Lipinski definition) is 7. The molecule has 146 valence electrons. The van der Waals surface area contributed by atoms with Crippen LogP contribution in [0.25, 0.3) is 0 Å². The number of likely N-dealkylation sites (tertiary alicyclic amines) is 1. The molecule has 0 spiro atoms. The zero-order valence-electron chi connectivity index (χ0n) is 15.5. The smallest absolute Gasteiger partial charge is 0.412 e. The van der Waals surface area contributed by atoms with Crippen molar-refractivity contribution in [2.24, 2.45) is 0 Å². The molecule has 3 N–H and O–H groups in total. The number of carboxylic acids is 1. The van der Waals surface area contributed by atoms with Gasteiger partial charge in [0.2, 0.25) is 0 Å². The summed E-state index contributed by atoms with van der Waals surface area (Å²) in [5.74, 6) is -1.45. The molecule has 0 aliphatic carbocycles. The molecule has 3 atom stereocenters. The molecule has 1 aromatic carbocycles. The lowest BCUT2D eigenvalue weighted by atomic mass is 9.91. The molecule has 27 heavy (non-hydrogen) atoms. The van der Waals surface area contributed by atoms with Crippen molar-refractivity contribution in [2.75, 3.05) is 5.32 Å². The monoisotopic (exact) mass is 378 g/mol. The molecule has 0 aromatic heterocycles. The van der Waals surface area contributed by atoms with E-state index in [1.54, 1.807) is 26.8 Å². The van der Waals surface area contributed by atoms with E-state index >= 15 is 0 Å². The van der Waals surface area contributed by atoms with Gasteiger partial charge >= 0.3 is 18.0 Å². The second-order valence-corrected chi connectivity index (χ2v) is 7.72. The summed E-state index contributed by atoms with van der Waals surface area (Å²) in [5, 5.41) is 23.7. The fourth-order valence-electron chi connectivity index (χ4n) is 3.51. The molecule has 2 aliphatic rings. The number of nitrogens with zero attached hydrogens (tertiary/aromatic N) is 1. The van der Waals surface area contributed by atoms with Crippen LogP contribution in [0.5, 0.6) is 5.75 Å². The number of hydrogen-bond donors (Lipinski definition) is 3. The van der Waals surface area contributed by atoms with Crippen LogP contribution in [0.4, 0.5) is 10.5 Å². The Bertz CT molecular complexity index is 816. The molecule has 0 bridgehead atoms. The Labute approximate surface area is 155 Å². The fraction of sp³-hybridized carbons (Fsp3) is 0.500. The molecule has 9 heteroatoms. The van der Waals surface area contributed by atoms with Gasteiger partial charge in [-0.2, -0.15) is 0 Å². The van der Waals surface area contributed by atoms with E-state index in [1.165, 1.54) is 19.1 Å². The van der Waals surface area contributed by atoms with Gasteiger partial charge in [-0.05, 0) is 26.8 Å². The maximum atomic E-state index is 12.6. The highest BCUT2D eigenvalue weighted by Crippen LogP contribution is 2.50. The highest BCUT2D eigenvalue weighted by molar-refractivity contribution is 5.84. The minimum absolute atomic E-state index is 0.195. The molecule has 1 saturated heterocycles. The quantitative estimate of drug-likeness (QED) is 0.524. The Balaban J connectivity index is 1.97. The largest absolute Gasteiger partial charge is 0.480 e. The molecule has 3 rings (SSSR count). The van der Waals surface area contributed by atoms with Crippen LogP contribution in [0.3, 0.4) is 0 Å². The molecule has 2 aliphatic heterocycles. The third-order valence-corrected chi connectivity index (χ3v) is 4.47. The van der Waals surface area contributed by atoms with Gasteiger partial charge in [0.15, 0.2) is 0 Å². The Morgan fingerprint density at radius 2 is 1.96 bits per heavy atom. The van der Waals surface area contributed by atoms with Crippen LogP contribution in [0.1, 0.15) is 39.7 Å². The zero-order chi connectivity index (χ0) is 20.1. The van der Waals surface area contributed by atoms with Gasteiger partial charge < -0.3 is 25.0 Å². The number of esters is 1. The Hall–Kier alpha value is -2.81. The van der Waals surface area contributed by atoms with E-state index in [9.17, 15) is 24.6 Å². The van der Waals surface area contributed by atoms with Crippen molar-refractivity contribution in [3.8, 4) is 5.75 Å². The number of carbonyl (C=O) groups excluding carboxylic acids is 2. The van der Waals surface area contributed by atoms with Crippen LogP contribution >= 0.6 is 0 Å². The summed E-state index contributed by atoms with van der Waals surface area (Å²) in [6.45, 7) is 6.28. The van der Waals surface area contributed by atoms with Crippen LogP contribution in [0, 0.1) is 0 Å². The maximum Gasteiger partial charge on any atom is 0.412 e. The number of aliphatic hydroxyl groups is 1. The number of ether oxygens (including phenoxy) is 2. The number of aliphatic carboxylic acids is 1. The molecule has 1 amide bonds. The van der Waals surface area contributed by atoms with Gasteiger partial charge in [-0.15, -0.1) is 0 Å². The molecule has 0 saturated carbocycles. The van der Waals surface area contributed by atoms with E-state index in [2.05, 4.69) is 5.32 Å². The zero-order valence-corrected chi connectivity index (χ0v) is 15.5. The average Bonchev–Trinajstić information content (AvgIpc) is 2.93. The van der Waals surface area contributed by atoms with Gasteiger partial charge in [0.1, 0.15) is 29.2 Å². The molecule has 0 radical (unpaired) electrons. The Kier molecular flexibility index (Phi) is 4.30. The molecular weight excluding hydrogens is 356 g/mol. The summed E-state index contributed by atoms with van der Waals surface area (Å²) in [4.78, 5) is 36.5. The van der Waals surface area contributed by atoms with E-state index in [0.717, 1.165) is 4.90 Å². The van der Waals surface area contributed by atoms with Gasteiger partial charge in [0.25, 0.3) is 0 Å². The number of nitrogens with one attached hydrogen (secondary N) is 1. The third-order valence-electron chi connectivity index (χ3n) is 4.47. The molecule has 1 aromatic rings. The summed E-state index contributed by atoms with van der Waals surface area (Å²) >= 11 is 0. The van der Waals surface area contributed by atoms with Gasteiger partial charge in [-0.1, -0.05) is 6.07 Å². The second kappa shape index (κ2) is 6.12. The first kappa shape index (κ1) is 19.0. The number of carbonyl (C=O) groups is 3. The highest BCUT2D eigenvalue weighted by atomic mass is 16.6. The van der Waals surface area contributed by atoms with Crippen LogP contribution in [-0.4, -0.2) is 51.0 Å². The van der Waals surface area contributed by atoms with E-state index in [1.807, 2.05) is 0 Å². The SMILES string of the molecule is CC(=O)Oc1ccc2c(c1)N[C@@H]1N(C(=O)OC(C)(C)C)[C@H](C(=O)O)C[C@]21O. The Morgan fingerprint density at radius 1 is 1.30 bits per heavy atom. The second-order valence-electron chi connectivity index (χ2n) is 7.72. The summed E-state index contributed by atoms with van der Waals surface area (Å²) in [6.07, 6.45) is -2.05. The number of carboxylic acid groups (broad SMARTS) is 1. The van der Waals surface area contributed by atoms with Crippen LogP contribution in [0.2, 0.25) is 0 Å². The van der Waals surface area contributed by atoms with E-state index in [0.29, 0.717) is 11.3 Å². The fourth-order valence-corrected chi connectivity index (χ4v) is 3.51.